The van der Waals surface area contributed by atoms with E-state index in [0.717, 1.165) is 103 Å². The molecular weight excluding hydrogens is 1090 g/mol. The molecule has 2 aliphatic rings. The molecule has 0 aromatic rings. The summed E-state index contributed by atoms with van der Waals surface area (Å²) < 4.78 is 22.8. The number of carbonyl (C=O) groups excluding carboxylic acids is 1. The highest BCUT2D eigenvalue weighted by atomic mass is 16.7. The van der Waals surface area contributed by atoms with Crippen LogP contribution in [0.15, 0.2) is 97.2 Å². The number of amides is 1. The lowest BCUT2D eigenvalue weighted by Gasteiger charge is -2.46. The quantitative estimate of drug-likeness (QED) is 0.0204. The third kappa shape index (κ3) is 39.8. The van der Waals surface area contributed by atoms with Crippen LogP contribution in [0.4, 0.5) is 0 Å². The molecule has 2 rings (SSSR count). The van der Waals surface area contributed by atoms with E-state index < -0.39 is 86.8 Å². The predicted octanol–water partition coefficient (Wildman–Crippen LogP) is 13.8. The van der Waals surface area contributed by atoms with E-state index in [0.29, 0.717) is 6.42 Å². The maximum absolute atomic E-state index is 13.3. The molecule has 0 aromatic carbocycles. The van der Waals surface area contributed by atoms with E-state index in [1.807, 2.05) is 6.08 Å². The molecule has 0 bridgehead atoms. The van der Waals surface area contributed by atoms with Gasteiger partial charge in [-0.1, -0.05) is 272 Å². The van der Waals surface area contributed by atoms with E-state index >= 15 is 0 Å². The van der Waals surface area contributed by atoms with E-state index in [1.165, 1.54) is 128 Å². The standard InChI is InChI=1S/C72H125NO13/c1-3-5-7-9-11-13-15-17-19-21-23-25-27-28-29-30-31-32-34-36-38-40-42-44-46-48-50-52-54-56-64(77)73-60(59-83-71-69(82)67(80)70(63(58-75)85-71)86-72-68(81)66(79)65(78)62(57-74)84-72)61(76)55-53-51-49-47-45-43-41-39-37-35-33-26-24-22-20-18-16-14-12-10-8-6-4-2/h5,7,11,13,17,19,23,25,28-29,31-32,36,38,53,55,60-63,65-72,74-76,78-82H,3-4,6,8-10,12,14-16,18,20-22,24,26-27,30,33-35,37,39-52,54,56-59H2,1-2H3,(H,73,77)/b7-5-,13-11-,19-17-,25-23-,29-28-,32-31-,38-36-,55-53+. The highest BCUT2D eigenvalue weighted by Gasteiger charge is 2.51. The van der Waals surface area contributed by atoms with Crippen LogP contribution in [-0.2, 0) is 23.7 Å². The lowest BCUT2D eigenvalue weighted by Crippen LogP contribution is -2.65. The smallest absolute Gasteiger partial charge is 0.220 e. The van der Waals surface area contributed by atoms with Crippen molar-refractivity contribution < 1.29 is 64.6 Å². The Balaban J connectivity index is 1.71. The van der Waals surface area contributed by atoms with Crippen LogP contribution in [0.1, 0.15) is 258 Å². The molecule has 0 aliphatic carbocycles. The number of carbonyl (C=O) groups is 1. The molecule has 0 radical (unpaired) electrons. The summed E-state index contributed by atoms with van der Waals surface area (Å²) in [5.41, 5.74) is 0. The summed E-state index contributed by atoms with van der Waals surface area (Å²) in [7, 11) is 0. The molecule has 2 heterocycles. The van der Waals surface area contributed by atoms with Gasteiger partial charge in [0.15, 0.2) is 12.6 Å². The Morgan fingerprint density at radius 3 is 1.23 bits per heavy atom. The average Bonchev–Trinajstić information content (AvgIpc) is 2.53. The molecule has 14 heteroatoms. The first kappa shape index (κ1) is 79.0. The summed E-state index contributed by atoms with van der Waals surface area (Å²) in [5, 5.41) is 87.4. The van der Waals surface area contributed by atoms with Gasteiger partial charge in [0.25, 0.3) is 0 Å². The van der Waals surface area contributed by atoms with Crippen molar-refractivity contribution >= 4 is 5.91 Å². The number of rotatable bonds is 55. The second kappa shape index (κ2) is 55.9. The van der Waals surface area contributed by atoms with Crippen LogP contribution in [-0.4, -0.2) is 140 Å². The first-order valence-electron chi connectivity index (χ1n) is 34.5. The van der Waals surface area contributed by atoms with Gasteiger partial charge in [-0.2, -0.15) is 0 Å². The SMILES string of the molecule is CC/C=C\C/C=C\C/C=C\C/C=C\C/C=C\C/C=C\C/C=C\CCCCCCCCCC(=O)NC(COC1OC(CO)C(OC2OC(CO)C(O)C(O)C2O)C(O)C1O)C(O)/C=C/CCCCCCCCCCCCCCCCCCCCCCC. The molecule has 0 aromatic heterocycles. The van der Waals surface area contributed by atoms with Gasteiger partial charge in [-0.25, -0.2) is 0 Å². The second-order valence-electron chi connectivity index (χ2n) is 23.9. The fraction of sp³-hybridized carbons (Fsp3) is 0.764. The zero-order valence-electron chi connectivity index (χ0n) is 53.8. The van der Waals surface area contributed by atoms with Crippen molar-refractivity contribution in [3.63, 3.8) is 0 Å². The molecule has 496 valence electrons. The van der Waals surface area contributed by atoms with Crippen LogP contribution >= 0.6 is 0 Å². The molecule has 0 saturated carbocycles. The first-order chi connectivity index (χ1) is 42.1. The zero-order valence-corrected chi connectivity index (χ0v) is 53.8. The van der Waals surface area contributed by atoms with E-state index in [4.69, 9.17) is 18.9 Å². The van der Waals surface area contributed by atoms with E-state index in [2.05, 4.69) is 104 Å². The van der Waals surface area contributed by atoms with Gasteiger partial charge in [0, 0.05) is 6.42 Å². The van der Waals surface area contributed by atoms with Crippen molar-refractivity contribution in [1.29, 1.82) is 0 Å². The van der Waals surface area contributed by atoms with Crippen LogP contribution in [0.5, 0.6) is 0 Å². The summed E-state index contributed by atoms with van der Waals surface area (Å²) >= 11 is 0. The van der Waals surface area contributed by atoms with Gasteiger partial charge >= 0.3 is 0 Å². The number of allylic oxidation sites excluding steroid dienone is 15. The molecular formula is C72H125NO13. The normalized spacial score (nSPS) is 24.0. The molecule has 86 heavy (non-hydrogen) atoms. The van der Waals surface area contributed by atoms with Gasteiger partial charge in [0.1, 0.15) is 48.8 Å². The Kier molecular flexibility index (Phi) is 51.4. The van der Waals surface area contributed by atoms with Gasteiger partial charge < -0.3 is 65.1 Å². The minimum Gasteiger partial charge on any atom is -0.394 e. The maximum atomic E-state index is 13.3. The fourth-order valence-corrected chi connectivity index (χ4v) is 10.8. The van der Waals surface area contributed by atoms with Crippen molar-refractivity contribution in [1.82, 2.24) is 5.32 Å². The molecule has 1 amide bonds. The molecule has 12 unspecified atom stereocenters. The van der Waals surface area contributed by atoms with Crippen molar-refractivity contribution in [3.8, 4) is 0 Å². The summed E-state index contributed by atoms with van der Waals surface area (Å²) in [6.07, 6.45) is 61.6. The molecule has 2 fully saturated rings. The number of hydrogen-bond acceptors (Lipinski definition) is 13. The number of nitrogens with one attached hydrogen (secondary N) is 1. The van der Waals surface area contributed by atoms with E-state index in [9.17, 15) is 45.6 Å². The summed E-state index contributed by atoms with van der Waals surface area (Å²) in [6, 6.07) is -0.929. The Hall–Kier alpha value is -3.09. The third-order valence-corrected chi connectivity index (χ3v) is 16.3. The minimum absolute atomic E-state index is 0.252. The molecule has 0 spiro atoms. The molecule has 2 saturated heterocycles. The van der Waals surface area contributed by atoms with Gasteiger partial charge in [-0.15, -0.1) is 0 Å². The summed E-state index contributed by atoms with van der Waals surface area (Å²) in [5.74, 6) is -0.252. The summed E-state index contributed by atoms with van der Waals surface area (Å²) in [6.45, 7) is 2.69. The van der Waals surface area contributed by atoms with Gasteiger partial charge in [-0.05, 0) is 77.0 Å². The topological polar surface area (TPSA) is 228 Å². The zero-order chi connectivity index (χ0) is 62.3. The van der Waals surface area contributed by atoms with Crippen LogP contribution in [0.25, 0.3) is 0 Å². The predicted molar refractivity (Wildman–Crippen MR) is 350 cm³/mol. The number of hydrogen-bond donors (Lipinski definition) is 9. The monoisotopic (exact) mass is 1210 g/mol. The number of ether oxygens (including phenoxy) is 4. The number of unbranched alkanes of at least 4 members (excludes halogenated alkanes) is 28. The third-order valence-electron chi connectivity index (χ3n) is 16.3. The summed E-state index contributed by atoms with van der Waals surface area (Å²) in [4.78, 5) is 13.3. The number of aliphatic hydroxyl groups is 8. The Morgan fingerprint density at radius 1 is 0.430 bits per heavy atom. The van der Waals surface area contributed by atoms with Crippen LogP contribution in [0.3, 0.4) is 0 Å². The van der Waals surface area contributed by atoms with Crippen LogP contribution in [0.2, 0.25) is 0 Å². The lowest BCUT2D eigenvalue weighted by atomic mass is 9.97. The Bertz CT molecular complexity index is 1810. The van der Waals surface area contributed by atoms with Crippen molar-refractivity contribution in [2.24, 2.45) is 0 Å². The molecule has 12 atom stereocenters. The van der Waals surface area contributed by atoms with Gasteiger partial charge in [0.2, 0.25) is 5.91 Å². The van der Waals surface area contributed by atoms with Gasteiger partial charge in [0.05, 0.1) is 32.0 Å². The number of aliphatic hydroxyl groups excluding tert-OH is 8. The minimum atomic E-state index is -1.79. The highest BCUT2D eigenvalue weighted by molar-refractivity contribution is 5.76. The Labute approximate surface area is 522 Å². The van der Waals surface area contributed by atoms with E-state index in [-0.39, 0.29) is 18.9 Å². The first-order valence-corrected chi connectivity index (χ1v) is 34.5. The molecule has 2 aliphatic heterocycles. The Morgan fingerprint density at radius 2 is 0.802 bits per heavy atom. The second-order valence-corrected chi connectivity index (χ2v) is 23.9. The lowest BCUT2D eigenvalue weighted by molar-refractivity contribution is -0.359. The van der Waals surface area contributed by atoms with Crippen molar-refractivity contribution in [2.75, 3.05) is 19.8 Å². The largest absolute Gasteiger partial charge is 0.394 e. The maximum Gasteiger partial charge on any atom is 0.220 e. The fourth-order valence-electron chi connectivity index (χ4n) is 10.8. The average molecular weight is 1210 g/mol. The molecule has 9 N–H and O–H groups in total. The highest BCUT2D eigenvalue weighted by Crippen LogP contribution is 2.30. The molecule has 14 nitrogen and oxygen atoms in total. The van der Waals surface area contributed by atoms with Gasteiger partial charge in [-0.3, -0.25) is 4.79 Å². The van der Waals surface area contributed by atoms with Crippen LogP contribution < -0.4 is 5.32 Å². The van der Waals surface area contributed by atoms with Crippen LogP contribution in [0, 0.1) is 0 Å². The van der Waals surface area contributed by atoms with E-state index in [1.54, 1.807) is 6.08 Å². The van der Waals surface area contributed by atoms with Crippen molar-refractivity contribution in [2.45, 2.75) is 331 Å². The van der Waals surface area contributed by atoms with Crippen molar-refractivity contribution in [3.05, 3.63) is 97.2 Å².